The molecule has 1 atom stereocenters. The van der Waals surface area contributed by atoms with Gasteiger partial charge >= 0.3 is 0 Å². The molecule has 0 amide bonds. The summed E-state index contributed by atoms with van der Waals surface area (Å²) in [5, 5.41) is 8.25. The Hall–Kier alpha value is -6.98. The molecule has 2 aliphatic rings. The van der Waals surface area contributed by atoms with Gasteiger partial charge in [-0.3, -0.25) is 0 Å². The van der Waals surface area contributed by atoms with Crippen molar-refractivity contribution < 1.29 is 8.83 Å². The van der Waals surface area contributed by atoms with Gasteiger partial charge in [-0.15, -0.1) is 0 Å². The Morgan fingerprint density at radius 1 is 0.606 bits per heavy atom. The van der Waals surface area contributed by atoms with Crippen LogP contribution in [0.25, 0.3) is 87.7 Å². The number of hydrogen-bond acceptors (Lipinski definition) is 3. The summed E-state index contributed by atoms with van der Waals surface area (Å²) in [5.41, 5.74) is 18.9. The van der Waals surface area contributed by atoms with Crippen LogP contribution in [0.2, 0.25) is 0 Å². The summed E-state index contributed by atoms with van der Waals surface area (Å²) < 4.78 is 14.3. The van der Waals surface area contributed by atoms with E-state index in [0.29, 0.717) is 5.92 Å². The van der Waals surface area contributed by atoms with Crippen LogP contribution < -0.4 is 16.0 Å². The number of nitrogens with zero attached hydrogens (tertiary/aromatic N) is 1. The van der Waals surface area contributed by atoms with Crippen LogP contribution in [0.5, 0.6) is 0 Å². The first-order chi connectivity index (χ1) is 32.1. The van der Waals surface area contributed by atoms with Crippen molar-refractivity contribution in [2.45, 2.75) is 84.0 Å². The molecule has 0 spiro atoms. The van der Waals surface area contributed by atoms with Crippen LogP contribution in [0.3, 0.4) is 0 Å². The van der Waals surface area contributed by atoms with Crippen molar-refractivity contribution in [1.82, 2.24) is 4.98 Å². The lowest BCUT2D eigenvalue weighted by atomic mass is 9.60. The van der Waals surface area contributed by atoms with Crippen LogP contribution in [0, 0.1) is 0 Å². The van der Waals surface area contributed by atoms with Crippen molar-refractivity contribution in [3.05, 3.63) is 162 Å². The van der Waals surface area contributed by atoms with Gasteiger partial charge in [-0.25, -0.2) is 0 Å². The number of furan rings is 2. The van der Waals surface area contributed by atoms with Crippen molar-refractivity contribution in [2.24, 2.45) is 0 Å². The van der Waals surface area contributed by atoms with Crippen LogP contribution in [0.4, 0.5) is 17.1 Å². The van der Waals surface area contributed by atoms with Gasteiger partial charge in [0.25, 0.3) is 0 Å². The zero-order valence-corrected chi connectivity index (χ0v) is 38.6. The predicted molar refractivity (Wildman–Crippen MR) is 280 cm³/mol. The second kappa shape index (κ2) is 14.3. The summed E-state index contributed by atoms with van der Waals surface area (Å²) in [4.78, 5) is 6.49. The van der Waals surface area contributed by atoms with E-state index in [2.05, 4.69) is 204 Å². The molecule has 11 aromatic rings. The summed E-state index contributed by atoms with van der Waals surface area (Å²) in [5.74, 6) is 0.418. The van der Waals surface area contributed by atoms with E-state index in [9.17, 15) is 0 Å². The third-order valence-corrected chi connectivity index (χ3v) is 15.5. The fourth-order valence-electron chi connectivity index (χ4n) is 11.9. The van der Waals surface area contributed by atoms with E-state index in [1.807, 2.05) is 0 Å². The maximum absolute atomic E-state index is 7.29. The largest absolute Gasteiger partial charge is 0.469 e. The molecule has 0 bridgehead atoms. The second-order valence-corrected chi connectivity index (χ2v) is 20.5. The highest BCUT2D eigenvalue weighted by Gasteiger charge is 2.41. The Morgan fingerprint density at radius 3 is 2.17 bits per heavy atom. The number of anilines is 3. The number of para-hydroxylation sites is 2. The molecule has 1 aliphatic carbocycles. The lowest BCUT2D eigenvalue weighted by Crippen LogP contribution is -2.40. The molecule has 0 fully saturated rings. The number of nitrogens with one attached hydrogen (secondary N) is 1. The summed E-state index contributed by atoms with van der Waals surface area (Å²) in [6.07, 6.45) is 4.53. The normalized spacial score (nSPS) is 15.7. The van der Waals surface area contributed by atoms with Gasteiger partial charge in [0.1, 0.15) is 16.7 Å². The quantitative estimate of drug-likeness (QED) is 0.170. The summed E-state index contributed by atoms with van der Waals surface area (Å²) >= 11 is 0. The molecule has 1 N–H and O–H groups in total. The van der Waals surface area contributed by atoms with Gasteiger partial charge in [0.05, 0.1) is 33.6 Å². The number of H-pyrrole nitrogens is 1. The minimum absolute atomic E-state index is 0.0152. The fourth-order valence-corrected chi connectivity index (χ4v) is 11.9. The van der Waals surface area contributed by atoms with Crippen molar-refractivity contribution in [3.8, 4) is 22.3 Å². The van der Waals surface area contributed by atoms with E-state index in [1.165, 1.54) is 49.4 Å². The maximum atomic E-state index is 7.29. The van der Waals surface area contributed by atoms with E-state index < -0.39 is 0 Å². The average molecular weight is 856 g/mol. The van der Waals surface area contributed by atoms with Crippen LogP contribution in [-0.4, -0.2) is 12.3 Å². The number of aromatic amines is 1. The Morgan fingerprint density at radius 2 is 1.35 bits per heavy atom. The molecule has 5 heteroatoms. The Labute approximate surface area is 386 Å². The van der Waals surface area contributed by atoms with E-state index in [1.54, 1.807) is 0 Å². The summed E-state index contributed by atoms with van der Waals surface area (Å²) in [7, 11) is 2.34. The van der Waals surface area contributed by atoms with Crippen molar-refractivity contribution in [3.63, 3.8) is 0 Å². The molecule has 13 rings (SSSR count). The topological polar surface area (TPSA) is 45.3 Å². The first kappa shape index (κ1) is 39.4. The van der Waals surface area contributed by atoms with Crippen molar-refractivity contribution >= 4 is 101 Å². The van der Waals surface area contributed by atoms with E-state index >= 15 is 0 Å². The van der Waals surface area contributed by atoms with E-state index in [0.717, 1.165) is 109 Å². The molecule has 0 unspecified atom stereocenters. The highest BCUT2D eigenvalue weighted by molar-refractivity contribution is 6.73. The average Bonchev–Trinajstić information content (AvgIpc) is 4.03. The number of aromatic nitrogens is 1. The number of hydrogen-bond donors (Lipinski definition) is 1. The third-order valence-electron chi connectivity index (χ3n) is 15.5. The monoisotopic (exact) mass is 855 g/mol. The first-order valence-corrected chi connectivity index (χ1v) is 23.9. The first-order valence-electron chi connectivity index (χ1n) is 23.9. The summed E-state index contributed by atoms with van der Waals surface area (Å²) in [6.45, 7) is 14.3. The van der Waals surface area contributed by atoms with Crippen LogP contribution in [-0.2, 0) is 10.8 Å². The molecular formula is C61H52BN2O2. The molecule has 0 saturated heterocycles. The Kier molecular flexibility index (Phi) is 8.51. The van der Waals surface area contributed by atoms with Gasteiger partial charge in [-0.2, -0.15) is 0 Å². The van der Waals surface area contributed by atoms with Gasteiger partial charge in [0.15, 0.2) is 0 Å². The van der Waals surface area contributed by atoms with E-state index in [4.69, 9.17) is 8.83 Å². The molecule has 8 aromatic carbocycles. The van der Waals surface area contributed by atoms with Crippen LogP contribution in [0.15, 0.2) is 154 Å². The molecular weight excluding hydrogens is 803 g/mol. The van der Waals surface area contributed by atoms with Gasteiger partial charge in [0, 0.05) is 38.2 Å². The smallest absolute Gasteiger partial charge is 0.247 e. The minimum atomic E-state index is 0.0152. The molecule has 321 valence electrons. The number of fused-ring (bicyclic) bond motifs is 14. The van der Waals surface area contributed by atoms with Crippen molar-refractivity contribution in [2.75, 3.05) is 4.90 Å². The Bertz CT molecular complexity index is 3790. The fraction of sp³-hybridized carbons (Fsp3) is 0.213. The number of benzene rings is 8. The highest BCUT2D eigenvalue weighted by Crippen LogP contribution is 2.53. The summed E-state index contributed by atoms with van der Waals surface area (Å²) in [6, 6.07) is 53.8. The zero-order chi connectivity index (χ0) is 44.6. The van der Waals surface area contributed by atoms with Crippen LogP contribution in [0.1, 0.15) is 89.8 Å². The van der Waals surface area contributed by atoms with Gasteiger partial charge in [-0.1, -0.05) is 151 Å². The third kappa shape index (κ3) is 5.71. The molecule has 4 heterocycles. The Balaban J connectivity index is 1.18. The molecule has 4 nitrogen and oxygen atoms in total. The van der Waals surface area contributed by atoms with Crippen molar-refractivity contribution in [1.29, 1.82) is 0 Å². The van der Waals surface area contributed by atoms with Gasteiger partial charge < -0.3 is 18.7 Å². The maximum Gasteiger partial charge on any atom is 0.247 e. The standard InChI is InChI=1S/C61H52BN2O2/c1-7-16-35(2)38-26-28-49(43(31-38)36-17-9-8-10-18-36)64-57-45-32-46-47(61(5,6)30-29-60(46,3)4)34-51(45)66-59(57)62-55-44(33-52-54(58(55)64)41-21-13-14-24-50(41)65-52)40-22-15-23-42-53-39-20-12-11-19-37(39)25-27-48(53)63-56(40)42/h8-15,17-28,31-35,63H,7,16,29-30H2,1-6H3/t35-/m0/s1. The number of rotatable bonds is 6. The predicted octanol–water partition coefficient (Wildman–Crippen LogP) is 16.1. The lowest BCUT2D eigenvalue weighted by molar-refractivity contribution is 0.332. The molecule has 66 heavy (non-hydrogen) atoms. The second-order valence-electron chi connectivity index (χ2n) is 20.5. The molecule has 1 radical (unpaired) electrons. The highest BCUT2D eigenvalue weighted by atomic mass is 16.3. The van der Waals surface area contributed by atoms with Crippen LogP contribution >= 0.6 is 0 Å². The lowest BCUT2D eigenvalue weighted by Gasteiger charge is -2.42. The van der Waals surface area contributed by atoms with Gasteiger partial charge in [-0.05, 0) is 123 Å². The molecule has 0 saturated carbocycles. The zero-order valence-electron chi connectivity index (χ0n) is 38.6. The SMILES string of the molecule is CCC[C@H](C)c1ccc(N2c3c(oc4cc5c(cc34)C(C)(C)CCC5(C)C)[B]c3c(-c4cccc5c4[nH]c4ccc6ccccc6c45)cc4oc5ccccc5c4c32)c(-c2ccccc2)c1. The van der Waals surface area contributed by atoms with Gasteiger partial charge in [0.2, 0.25) is 7.28 Å². The van der Waals surface area contributed by atoms with E-state index in [-0.39, 0.29) is 10.8 Å². The minimum Gasteiger partial charge on any atom is -0.469 e. The molecule has 3 aromatic heterocycles. The molecule has 1 aliphatic heterocycles.